The Balaban J connectivity index is 2.32. The predicted molar refractivity (Wildman–Crippen MR) is 31.8 cm³/mol. The van der Waals surface area contributed by atoms with Crippen LogP contribution in [0.1, 0.15) is 0 Å². The van der Waals surface area contributed by atoms with Gasteiger partial charge in [-0.2, -0.15) is 4.41 Å². The molecule has 1 fully saturated rings. The van der Waals surface area contributed by atoms with E-state index in [9.17, 15) is 4.79 Å². The molecule has 0 aromatic carbocycles. The van der Waals surface area contributed by atoms with E-state index in [1.54, 1.807) is 0 Å². The highest BCUT2D eigenvalue weighted by Crippen LogP contribution is 1.91. The van der Waals surface area contributed by atoms with Gasteiger partial charge in [-0.1, -0.05) is 12.8 Å². The lowest BCUT2D eigenvalue weighted by Gasteiger charge is -2.02. The van der Waals surface area contributed by atoms with Crippen molar-refractivity contribution in [2.24, 2.45) is 0 Å². The molecule has 0 aromatic rings. The minimum Gasteiger partial charge on any atom is -0.300 e. The van der Waals surface area contributed by atoms with Gasteiger partial charge in [-0.3, -0.25) is 5.32 Å². The molecule has 0 amide bonds. The molecule has 0 saturated carbocycles. The summed E-state index contributed by atoms with van der Waals surface area (Å²) in [6.45, 7) is 0.590. The van der Waals surface area contributed by atoms with Crippen LogP contribution >= 0.6 is 12.8 Å². The second-order valence-corrected chi connectivity index (χ2v) is 1.99. The zero-order chi connectivity index (χ0) is 5.98. The van der Waals surface area contributed by atoms with Crippen molar-refractivity contribution in [2.45, 2.75) is 6.17 Å². The summed E-state index contributed by atoms with van der Waals surface area (Å²) in [6.07, 6.45) is 0.531. The monoisotopic (exact) mass is 133 g/mol. The van der Waals surface area contributed by atoms with Crippen LogP contribution in [-0.2, 0) is 4.79 Å². The molecule has 1 aliphatic rings. The highest BCUT2D eigenvalue weighted by molar-refractivity contribution is 7.77. The van der Waals surface area contributed by atoms with Crippen molar-refractivity contribution in [3.8, 4) is 0 Å². The first-order valence-electron chi connectivity index (χ1n) is 2.24. The number of nitrogens with zero attached hydrogens (tertiary/aromatic N) is 1. The van der Waals surface area contributed by atoms with Gasteiger partial charge in [-0.15, -0.1) is 0 Å². The van der Waals surface area contributed by atoms with Gasteiger partial charge < -0.3 is 4.79 Å². The number of thiol groups is 1. The van der Waals surface area contributed by atoms with Gasteiger partial charge in [0, 0.05) is 0 Å². The number of aldehydes is 1. The van der Waals surface area contributed by atoms with Crippen molar-refractivity contribution < 1.29 is 4.79 Å². The second kappa shape index (κ2) is 2.45. The van der Waals surface area contributed by atoms with Gasteiger partial charge in [-0.05, 0) is 0 Å². The van der Waals surface area contributed by atoms with E-state index in [0.717, 1.165) is 6.29 Å². The minimum atomic E-state index is -0.257. The van der Waals surface area contributed by atoms with Crippen LogP contribution in [0.25, 0.3) is 0 Å². The van der Waals surface area contributed by atoms with E-state index in [1.807, 2.05) is 0 Å². The van der Waals surface area contributed by atoms with E-state index in [2.05, 4.69) is 23.6 Å². The minimum absolute atomic E-state index is 0.257. The Kier molecular flexibility index (Phi) is 1.85. The topological polar surface area (TPSA) is 44.4 Å². The van der Waals surface area contributed by atoms with Crippen LogP contribution in [0.3, 0.4) is 0 Å². The fourth-order valence-corrected chi connectivity index (χ4v) is 0.721. The maximum Gasteiger partial charge on any atom is 0.152 e. The van der Waals surface area contributed by atoms with E-state index in [0.29, 0.717) is 6.67 Å². The number of hydrogen-bond acceptors (Lipinski definition) is 5. The number of rotatable bonds is 1. The number of hydrogen-bond donors (Lipinski definition) is 3. The molecule has 2 N–H and O–H groups in total. The summed E-state index contributed by atoms with van der Waals surface area (Å²) in [4.78, 5) is 9.97. The Labute approximate surface area is 52.7 Å². The van der Waals surface area contributed by atoms with Gasteiger partial charge in [0.15, 0.2) is 6.29 Å². The summed E-state index contributed by atoms with van der Waals surface area (Å²) in [5.74, 6) is 0. The molecule has 5 heteroatoms. The van der Waals surface area contributed by atoms with Crippen LogP contribution in [0.4, 0.5) is 0 Å². The Morgan fingerprint density at radius 3 is 2.88 bits per heavy atom. The molecule has 1 atom stereocenters. The summed E-state index contributed by atoms with van der Waals surface area (Å²) in [6, 6.07) is 0. The zero-order valence-corrected chi connectivity index (χ0v) is 5.06. The third-order valence-corrected chi connectivity index (χ3v) is 1.14. The van der Waals surface area contributed by atoms with Crippen LogP contribution in [0.2, 0.25) is 0 Å². The van der Waals surface area contributed by atoms with Crippen molar-refractivity contribution in [2.75, 3.05) is 6.67 Å². The van der Waals surface area contributed by atoms with E-state index >= 15 is 0 Å². The molecular formula is C3H7N3OS. The van der Waals surface area contributed by atoms with Crippen LogP contribution < -0.4 is 10.7 Å². The first-order chi connectivity index (χ1) is 3.83. The molecule has 0 aromatic heterocycles. The molecule has 4 nitrogen and oxygen atoms in total. The summed E-state index contributed by atoms with van der Waals surface area (Å²) >= 11 is 3.91. The third-order valence-electron chi connectivity index (χ3n) is 0.885. The van der Waals surface area contributed by atoms with Crippen molar-refractivity contribution in [3.05, 3.63) is 0 Å². The molecule has 1 heterocycles. The Morgan fingerprint density at radius 2 is 2.62 bits per heavy atom. The Morgan fingerprint density at radius 1 is 1.88 bits per heavy atom. The highest BCUT2D eigenvalue weighted by Gasteiger charge is 2.15. The molecule has 0 radical (unpaired) electrons. The largest absolute Gasteiger partial charge is 0.300 e. The summed E-state index contributed by atoms with van der Waals surface area (Å²) in [5.41, 5.74) is 2.72. The molecule has 0 aliphatic carbocycles. The van der Waals surface area contributed by atoms with E-state index in [1.165, 1.54) is 4.41 Å². The summed E-state index contributed by atoms with van der Waals surface area (Å²) in [5, 5.41) is 2.83. The van der Waals surface area contributed by atoms with Crippen LogP contribution in [0.15, 0.2) is 0 Å². The molecule has 0 spiro atoms. The van der Waals surface area contributed by atoms with Gasteiger partial charge >= 0.3 is 0 Å². The molecule has 46 valence electrons. The third kappa shape index (κ3) is 1.19. The van der Waals surface area contributed by atoms with Gasteiger partial charge in [-0.25, -0.2) is 5.43 Å². The predicted octanol–water partition coefficient (Wildman–Crippen LogP) is -1.28. The van der Waals surface area contributed by atoms with E-state index in [4.69, 9.17) is 0 Å². The Hall–Kier alpha value is -0.100. The van der Waals surface area contributed by atoms with Crippen LogP contribution in [-0.4, -0.2) is 23.5 Å². The maximum atomic E-state index is 9.97. The van der Waals surface area contributed by atoms with Gasteiger partial charge in [0.25, 0.3) is 0 Å². The zero-order valence-electron chi connectivity index (χ0n) is 4.16. The SMILES string of the molecule is O=CC1NCN(S)N1. The fraction of sp³-hybridized carbons (Fsp3) is 0.667. The molecule has 8 heavy (non-hydrogen) atoms. The summed E-state index contributed by atoms with van der Waals surface area (Å²) in [7, 11) is 0. The molecule has 1 rings (SSSR count). The second-order valence-electron chi connectivity index (χ2n) is 1.50. The molecule has 1 aliphatic heterocycles. The first kappa shape index (κ1) is 6.03. The number of carbonyl (C=O) groups excluding carboxylic acids is 1. The van der Waals surface area contributed by atoms with Gasteiger partial charge in [0.05, 0.1) is 6.67 Å². The summed E-state index contributed by atoms with van der Waals surface area (Å²) < 4.78 is 1.51. The van der Waals surface area contributed by atoms with Crippen molar-refractivity contribution in [1.29, 1.82) is 0 Å². The van der Waals surface area contributed by atoms with Crippen molar-refractivity contribution in [3.63, 3.8) is 0 Å². The lowest BCUT2D eigenvalue weighted by molar-refractivity contribution is -0.109. The lowest BCUT2D eigenvalue weighted by Crippen LogP contribution is -2.34. The van der Waals surface area contributed by atoms with Crippen molar-refractivity contribution in [1.82, 2.24) is 15.2 Å². The normalized spacial score (nSPS) is 30.9. The molecular weight excluding hydrogens is 126 g/mol. The first-order valence-corrected chi connectivity index (χ1v) is 2.64. The van der Waals surface area contributed by atoms with Crippen LogP contribution in [0, 0.1) is 0 Å². The quantitative estimate of drug-likeness (QED) is 0.308. The Bertz CT molecular complexity index is 98.5. The van der Waals surface area contributed by atoms with Gasteiger partial charge in [0.2, 0.25) is 0 Å². The molecule has 0 bridgehead atoms. The van der Waals surface area contributed by atoms with E-state index in [-0.39, 0.29) is 6.17 Å². The highest BCUT2D eigenvalue weighted by atomic mass is 32.1. The molecule has 1 saturated heterocycles. The smallest absolute Gasteiger partial charge is 0.152 e. The number of nitrogens with one attached hydrogen (secondary N) is 2. The average molecular weight is 133 g/mol. The van der Waals surface area contributed by atoms with Crippen LogP contribution in [0.5, 0.6) is 0 Å². The number of hydrazine groups is 1. The average Bonchev–Trinajstić information content (AvgIpc) is 2.14. The van der Waals surface area contributed by atoms with Gasteiger partial charge in [0.1, 0.15) is 6.17 Å². The number of carbonyl (C=O) groups is 1. The maximum absolute atomic E-state index is 9.97. The molecule has 1 unspecified atom stereocenters. The fourth-order valence-electron chi connectivity index (χ4n) is 0.515. The lowest BCUT2D eigenvalue weighted by atomic mass is 10.6. The van der Waals surface area contributed by atoms with E-state index < -0.39 is 0 Å². The van der Waals surface area contributed by atoms with Crippen molar-refractivity contribution >= 4 is 19.1 Å². The standard InChI is InChI=1S/C3H7N3OS/c7-1-3-4-2-6(8)5-3/h1,3-5,8H,2H2.